The van der Waals surface area contributed by atoms with Crippen LogP contribution >= 0.6 is 35.4 Å². The van der Waals surface area contributed by atoms with Gasteiger partial charge in [-0.2, -0.15) is 0 Å². The molecule has 0 bridgehead atoms. The number of rotatable bonds is 5. The van der Waals surface area contributed by atoms with E-state index in [9.17, 15) is 9.59 Å². The highest BCUT2D eigenvalue weighted by molar-refractivity contribution is 7.80. The Morgan fingerprint density at radius 2 is 1.66 bits per heavy atom. The number of halogens is 2. The molecular weight excluding hydrogens is 467 g/mol. The lowest BCUT2D eigenvalue weighted by molar-refractivity contribution is -0.122. The zero-order chi connectivity index (χ0) is 22.7. The number of thiocarbonyl (C=S) groups is 1. The summed E-state index contributed by atoms with van der Waals surface area (Å²) < 4.78 is 5.77. The van der Waals surface area contributed by atoms with Crippen molar-refractivity contribution in [2.24, 2.45) is 0 Å². The maximum Gasteiger partial charge on any atom is 0.270 e. The summed E-state index contributed by atoms with van der Waals surface area (Å²) in [4.78, 5) is 26.7. The summed E-state index contributed by atoms with van der Waals surface area (Å²) in [5.74, 6) is -0.413. The summed E-state index contributed by atoms with van der Waals surface area (Å²) in [5.41, 5.74) is 2.11. The van der Waals surface area contributed by atoms with Gasteiger partial charge in [-0.1, -0.05) is 47.5 Å². The number of nitrogens with one attached hydrogen (secondary N) is 1. The van der Waals surface area contributed by atoms with E-state index in [1.165, 1.54) is 11.0 Å². The molecule has 1 heterocycles. The van der Waals surface area contributed by atoms with Crippen molar-refractivity contribution in [3.8, 4) is 5.75 Å². The molecule has 1 aliphatic rings. The molecule has 0 unspecified atom stereocenters. The van der Waals surface area contributed by atoms with Crippen molar-refractivity contribution in [2.75, 3.05) is 4.90 Å². The lowest BCUT2D eigenvalue weighted by Crippen LogP contribution is -2.54. The summed E-state index contributed by atoms with van der Waals surface area (Å²) in [7, 11) is 0. The molecule has 1 fully saturated rings. The number of anilines is 1. The molecule has 0 atom stereocenters. The van der Waals surface area contributed by atoms with E-state index in [4.69, 9.17) is 40.2 Å². The van der Waals surface area contributed by atoms with Gasteiger partial charge in [0, 0.05) is 10.0 Å². The molecule has 5 nitrogen and oxygen atoms in total. The van der Waals surface area contributed by atoms with Gasteiger partial charge in [-0.15, -0.1) is 0 Å². The normalized spacial score (nSPS) is 15.1. The van der Waals surface area contributed by atoms with Crippen LogP contribution in [0.1, 0.15) is 11.1 Å². The van der Waals surface area contributed by atoms with Crippen LogP contribution in [-0.4, -0.2) is 16.9 Å². The number of hydrogen-bond acceptors (Lipinski definition) is 4. The highest BCUT2D eigenvalue weighted by Crippen LogP contribution is 2.24. The Labute approximate surface area is 200 Å². The van der Waals surface area contributed by atoms with Crippen molar-refractivity contribution >= 4 is 64.1 Å². The zero-order valence-corrected chi connectivity index (χ0v) is 18.9. The minimum atomic E-state index is -0.550. The van der Waals surface area contributed by atoms with E-state index in [2.05, 4.69) is 5.32 Å². The zero-order valence-electron chi connectivity index (χ0n) is 16.5. The van der Waals surface area contributed by atoms with Gasteiger partial charge < -0.3 is 4.74 Å². The lowest BCUT2D eigenvalue weighted by atomic mass is 10.1. The molecule has 1 N–H and O–H groups in total. The van der Waals surface area contributed by atoms with Crippen molar-refractivity contribution in [2.45, 2.75) is 6.61 Å². The molecule has 3 aromatic rings. The number of ether oxygens (including phenoxy) is 1. The number of nitrogens with zero attached hydrogens (tertiary/aromatic N) is 1. The fraction of sp³-hybridized carbons (Fsp3) is 0.0417. The first-order chi connectivity index (χ1) is 15.4. The molecule has 0 aliphatic carbocycles. The van der Waals surface area contributed by atoms with Gasteiger partial charge in [0.15, 0.2) is 5.11 Å². The quantitative estimate of drug-likeness (QED) is 0.300. The molecule has 2 amide bonds. The number of carbonyl (C=O) groups excluding carboxylic acids is 2. The highest BCUT2D eigenvalue weighted by atomic mass is 35.5. The van der Waals surface area contributed by atoms with Crippen molar-refractivity contribution in [3.63, 3.8) is 0 Å². The van der Waals surface area contributed by atoms with Gasteiger partial charge in [0.05, 0.1) is 5.69 Å². The van der Waals surface area contributed by atoms with E-state index in [0.717, 1.165) is 5.56 Å². The first-order valence-corrected chi connectivity index (χ1v) is 10.7. The Hall–Kier alpha value is -3.19. The minimum absolute atomic E-state index is 0.0178. The number of amides is 2. The third kappa shape index (κ3) is 4.99. The van der Waals surface area contributed by atoms with E-state index >= 15 is 0 Å². The molecular formula is C24H16Cl2N2O3S. The molecule has 160 valence electrons. The van der Waals surface area contributed by atoms with Crippen LogP contribution in [0.4, 0.5) is 5.69 Å². The first kappa shape index (κ1) is 22.0. The maximum atomic E-state index is 13.0. The Kier molecular flexibility index (Phi) is 6.55. The van der Waals surface area contributed by atoms with Gasteiger partial charge >= 0.3 is 0 Å². The number of carbonyl (C=O) groups is 2. The van der Waals surface area contributed by atoms with Gasteiger partial charge in [-0.25, -0.2) is 0 Å². The van der Waals surface area contributed by atoms with Crippen molar-refractivity contribution in [3.05, 3.63) is 99.5 Å². The predicted molar refractivity (Wildman–Crippen MR) is 130 cm³/mol. The summed E-state index contributed by atoms with van der Waals surface area (Å²) in [5, 5.41) is 3.75. The van der Waals surface area contributed by atoms with Crippen LogP contribution in [0.3, 0.4) is 0 Å². The standard InChI is InChI=1S/C24H16Cl2N2O3S/c25-17-6-8-19(9-7-17)28-23(30)21(22(29)27-24(28)32)13-15-4-10-20(11-5-15)31-14-16-2-1-3-18(26)12-16/h1-13H,14H2,(H,27,29,32). The average Bonchev–Trinajstić information content (AvgIpc) is 2.77. The van der Waals surface area contributed by atoms with Crippen LogP contribution < -0.4 is 15.0 Å². The molecule has 1 aliphatic heterocycles. The van der Waals surface area contributed by atoms with Gasteiger partial charge in [0.1, 0.15) is 17.9 Å². The smallest absolute Gasteiger partial charge is 0.270 e. The molecule has 0 aromatic heterocycles. The van der Waals surface area contributed by atoms with Crippen molar-refractivity contribution in [1.82, 2.24) is 5.32 Å². The molecule has 0 radical (unpaired) electrons. The monoisotopic (exact) mass is 482 g/mol. The number of benzene rings is 3. The summed E-state index contributed by atoms with van der Waals surface area (Å²) >= 11 is 17.1. The Balaban J connectivity index is 1.51. The van der Waals surface area contributed by atoms with Crippen LogP contribution in [0.5, 0.6) is 5.75 Å². The van der Waals surface area contributed by atoms with E-state index in [1.807, 2.05) is 18.2 Å². The van der Waals surface area contributed by atoms with Gasteiger partial charge in [0.2, 0.25) is 0 Å². The van der Waals surface area contributed by atoms with E-state index in [-0.39, 0.29) is 10.7 Å². The van der Waals surface area contributed by atoms with Crippen LogP contribution in [0.15, 0.2) is 78.4 Å². The topological polar surface area (TPSA) is 58.6 Å². The van der Waals surface area contributed by atoms with E-state index < -0.39 is 11.8 Å². The van der Waals surface area contributed by atoms with E-state index in [1.54, 1.807) is 54.6 Å². The van der Waals surface area contributed by atoms with E-state index in [0.29, 0.717) is 33.7 Å². The molecule has 0 saturated carbocycles. The Bertz CT molecular complexity index is 1220. The van der Waals surface area contributed by atoms with Crippen LogP contribution in [0.2, 0.25) is 10.0 Å². The third-order valence-electron chi connectivity index (χ3n) is 4.67. The maximum absolute atomic E-state index is 13.0. The van der Waals surface area contributed by atoms with Crippen molar-refractivity contribution < 1.29 is 14.3 Å². The largest absolute Gasteiger partial charge is 0.489 e. The second kappa shape index (κ2) is 9.53. The van der Waals surface area contributed by atoms with Gasteiger partial charge in [-0.05, 0) is 78.0 Å². The average molecular weight is 483 g/mol. The molecule has 8 heteroatoms. The molecule has 4 rings (SSSR count). The summed E-state index contributed by atoms with van der Waals surface area (Å²) in [6.07, 6.45) is 1.52. The second-order valence-corrected chi connectivity index (χ2v) is 8.18. The minimum Gasteiger partial charge on any atom is -0.489 e. The summed E-state index contributed by atoms with van der Waals surface area (Å²) in [6, 6.07) is 21.1. The molecule has 3 aromatic carbocycles. The highest BCUT2D eigenvalue weighted by Gasteiger charge is 2.34. The fourth-order valence-corrected chi connectivity index (χ4v) is 3.72. The second-order valence-electron chi connectivity index (χ2n) is 6.92. The van der Waals surface area contributed by atoms with Gasteiger partial charge in [0.25, 0.3) is 11.8 Å². The fourth-order valence-electron chi connectivity index (χ4n) is 3.10. The van der Waals surface area contributed by atoms with Crippen LogP contribution in [0.25, 0.3) is 6.08 Å². The Morgan fingerprint density at radius 3 is 2.34 bits per heavy atom. The third-order valence-corrected chi connectivity index (χ3v) is 5.44. The number of hydrogen-bond donors (Lipinski definition) is 1. The first-order valence-electron chi connectivity index (χ1n) is 9.55. The van der Waals surface area contributed by atoms with Crippen LogP contribution in [0, 0.1) is 0 Å². The predicted octanol–water partition coefficient (Wildman–Crippen LogP) is 5.40. The van der Waals surface area contributed by atoms with Gasteiger partial charge in [-0.3, -0.25) is 19.8 Å². The SMILES string of the molecule is O=C1NC(=S)N(c2ccc(Cl)cc2)C(=O)C1=Cc1ccc(OCc2cccc(Cl)c2)cc1. The Morgan fingerprint density at radius 1 is 0.938 bits per heavy atom. The summed E-state index contributed by atoms with van der Waals surface area (Å²) in [6.45, 7) is 0.370. The van der Waals surface area contributed by atoms with Crippen molar-refractivity contribution in [1.29, 1.82) is 0 Å². The molecule has 1 saturated heterocycles. The van der Waals surface area contributed by atoms with Crippen LogP contribution in [-0.2, 0) is 16.2 Å². The molecule has 32 heavy (non-hydrogen) atoms. The lowest BCUT2D eigenvalue weighted by Gasteiger charge is -2.28. The molecule has 0 spiro atoms.